The molecule has 1 unspecified atom stereocenters. The number of amides is 1. The highest BCUT2D eigenvalue weighted by molar-refractivity contribution is 9.10. The summed E-state index contributed by atoms with van der Waals surface area (Å²) in [6.07, 6.45) is -10.2. The van der Waals surface area contributed by atoms with E-state index >= 15 is 0 Å². The number of carbonyl (C=O) groups excluding carboxylic acids is 1. The van der Waals surface area contributed by atoms with Crippen LogP contribution in [0.1, 0.15) is 6.92 Å². The highest BCUT2D eigenvalue weighted by Gasteiger charge is 2.55. The van der Waals surface area contributed by atoms with Crippen molar-refractivity contribution in [3.05, 3.63) is 22.7 Å². The average Bonchev–Trinajstić information content (AvgIpc) is 2.28. The number of hydrogen-bond donors (Lipinski definition) is 2. The summed E-state index contributed by atoms with van der Waals surface area (Å²) in [6.45, 7) is 0.247. The van der Waals surface area contributed by atoms with Crippen molar-refractivity contribution in [3.8, 4) is 5.75 Å². The first-order chi connectivity index (χ1) is 9.74. The number of ether oxygens (including phenoxy) is 1. The summed E-state index contributed by atoms with van der Waals surface area (Å²) in [4.78, 5) is 11.4. The lowest BCUT2D eigenvalue weighted by molar-refractivity contribution is -0.274. The molecule has 0 bridgehead atoms. The van der Waals surface area contributed by atoms with Crippen molar-refractivity contribution in [2.75, 3.05) is 5.32 Å². The van der Waals surface area contributed by atoms with Crippen LogP contribution in [0, 0.1) is 0 Å². The van der Waals surface area contributed by atoms with Gasteiger partial charge in [-0.1, -0.05) is 0 Å². The Morgan fingerprint density at radius 2 is 1.77 bits per heavy atom. The Morgan fingerprint density at radius 1 is 1.23 bits per heavy atom. The molecular formula is C11H8BrF6NO3. The molecule has 0 saturated carbocycles. The van der Waals surface area contributed by atoms with Gasteiger partial charge in [-0.25, -0.2) is 0 Å². The normalized spacial score (nSPS) is 15.1. The molecular weight excluding hydrogens is 388 g/mol. The molecule has 124 valence electrons. The third kappa shape index (κ3) is 4.50. The Bertz CT molecular complexity index is 570. The van der Waals surface area contributed by atoms with E-state index in [2.05, 4.69) is 20.7 Å². The predicted octanol–water partition coefficient (Wildman–Crippen LogP) is 3.60. The van der Waals surface area contributed by atoms with Crippen molar-refractivity contribution < 1.29 is 41.0 Å². The molecule has 0 heterocycles. The Kier molecular flexibility index (Phi) is 5.02. The van der Waals surface area contributed by atoms with Gasteiger partial charge >= 0.3 is 12.5 Å². The van der Waals surface area contributed by atoms with Crippen LogP contribution >= 0.6 is 15.9 Å². The average molecular weight is 396 g/mol. The van der Waals surface area contributed by atoms with Gasteiger partial charge in [0.05, 0.1) is 5.69 Å². The maximum atomic E-state index is 12.5. The topological polar surface area (TPSA) is 58.6 Å². The molecule has 1 aromatic rings. The fraction of sp³-hybridized carbons (Fsp3) is 0.364. The lowest BCUT2D eigenvalue weighted by Crippen LogP contribution is -2.52. The Hall–Kier alpha value is -1.49. The number of carbonyl (C=O) groups is 1. The number of rotatable bonds is 3. The Labute approximate surface area is 128 Å². The summed E-state index contributed by atoms with van der Waals surface area (Å²) >= 11 is 2.78. The van der Waals surface area contributed by atoms with Crippen LogP contribution in [0.25, 0.3) is 0 Å². The summed E-state index contributed by atoms with van der Waals surface area (Å²) in [5.41, 5.74) is -3.93. The number of anilines is 1. The van der Waals surface area contributed by atoms with Gasteiger partial charge in [0, 0.05) is 4.47 Å². The minimum atomic E-state index is -5.22. The number of halogens is 7. The summed E-state index contributed by atoms with van der Waals surface area (Å²) in [7, 11) is 0. The van der Waals surface area contributed by atoms with Crippen LogP contribution < -0.4 is 10.1 Å². The molecule has 0 aromatic heterocycles. The number of aliphatic hydroxyl groups is 1. The van der Waals surface area contributed by atoms with Crippen LogP contribution in [0.2, 0.25) is 0 Å². The molecule has 2 N–H and O–H groups in total. The molecule has 0 spiro atoms. The van der Waals surface area contributed by atoms with E-state index < -0.39 is 29.8 Å². The standard InChI is InChI=1S/C11H8BrF6NO3/c1-9(21,10(13,14)15)8(20)19-7-3-2-5(4-6(7)12)22-11(16,17)18/h2-4,21H,1H3,(H,19,20). The minimum Gasteiger partial charge on any atom is -0.406 e. The molecule has 0 aliphatic rings. The molecule has 0 saturated heterocycles. The Balaban J connectivity index is 2.94. The van der Waals surface area contributed by atoms with Gasteiger partial charge in [0.15, 0.2) is 0 Å². The smallest absolute Gasteiger partial charge is 0.406 e. The van der Waals surface area contributed by atoms with Crippen molar-refractivity contribution >= 4 is 27.5 Å². The first-order valence-corrected chi connectivity index (χ1v) is 6.19. The van der Waals surface area contributed by atoms with Crippen molar-refractivity contribution in [2.24, 2.45) is 0 Å². The highest BCUT2D eigenvalue weighted by atomic mass is 79.9. The maximum Gasteiger partial charge on any atom is 0.573 e. The van der Waals surface area contributed by atoms with Crippen LogP contribution in [0.15, 0.2) is 22.7 Å². The molecule has 1 aromatic carbocycles. The third-order valence-corrected chi connectivity index (χ3v) is 3.07. The molecule has 0 aliphatic heterocycles. The van der Waals surface area contributed by atoms with Gasteiger partial charge in [-0.15, -0.1) is 13.2 Å². The van der Waals surface area contributed by atoms with Crippen LogP contribution in [0.5, 0.6) is 5.75 Å². The second kappa shape index (κ2) is 5.95. The SMILES string of the molecule is CC(O)(C(=O)Nc1ccc(OC(F)(F)F)cc1Br)C(F)(F)F. The van der Waals surface area contributed by atoms with Crippen molar-refractivity contribution in [1.82, 2.24) is 0 Å². The van der Waals surface area contributed by atoms with E-state index in [4.69, 9.17) is 5.11 Å². The van der Waals surface area contributed by atoms with Gasteiger partial charge < -0.3 is 15.2 Å². The van der Waals surface area contributed by atoms with Gasteiger partial charge in [0.2, 0.25) is 5.60 Å². The van der Waals surface area contributed by atoms with Gasteiger partial charge in [-0.3, -0.25) is 4.79 Å². The van der Waals surface area contributed by atoms with Crippen LogP contribution in [0.3, 0.4) is 0 Å². The fourth-order valence-electron chi connectivity index (χ4n) is 1.17. The van der Waals surface area contributed by atoms with E-state index in [1.165, 1.54) is 0 Å². The van der Waals surface area contributed by atoms with Crippen molar-refractivity contribution in [1.29, 1.82) is 0 Å². The van der Waals surface area contributed by atoms with E-state index in [1.807, 2.05) is 0 Å². The van der Waals surface area contributed by atoms with E-state index in [0.717, 1.165) is 18.2 Å². The lowest BCUT2D eigenvalue weighted by atomic mass is 10.1. The van der Waals surface area contributed by atoms with Gasteiger partial charge in [0.1, 0.15) is 5.75 Å². The third-order valence-electron chi connectivity index (χ3n) is 2.42. The number of nitrogens with one attached hydrogen (secondary N) is 1. The molecule has 1 amide bonds. The number of hydrogen-bond acceptors (Lipinski definition) is 3. The second-order valence-electron chi connectivity index (χ2n) is 4.21. The molecule has 22 heavy (non-hydrogen) atoms. The molecule has 0 radical (unpaired) electrons. The zero-order valence-corrected chi connectivity index (χ0v) is 12.2. The van der Waals surface area contributed by atoms with Crippen LogP contribution in [-0.2, 0) is 4.79 Å². The highest BCUT2D eigenvalue weighted by Crippen LogP contribution is 2.34. The van der Waals surface area contributed by atoms with Crippen molar-refractivity contribution in [3.63, 3.8) is 0 Å². The number of alkyl halides is 6. The molecule has 4 nitrogen and oxygen atoms in total. The van der Waals surface area contributed by atoms with Gasteiger partial charge in [0.25, 0.3) is 5.91 Å². The van der Waals surface area contributed by atoms with Crippen LogP contribution in [-0.4, -0.2) is 29.2 Å². The summed E-state index contributed by atoms with van der Waals surface area (Å²) in [5, 5.41) is 10.9. The molecule has 1 rings (SSSR count). The minimum absolute atomic E-state index is 0.166. The first kappa shape index (κ1) is 18.6. The quantitative estimate of drug-likeness (QED) is 0.768. The summed E-state index contributed by atoms with van der Waals surface area (Å²) in [6, 6.07) is 2.47. The molecule has 1 atom stereocenters. The van der Waals surface area contributed by atoms with Gasteiger partial charge in [-0.2, -0.15) is 13.2 Å². The second-order valence-corrected chi connectivity index (χ2v) is 5.07. The van der Waals surface area contributed by atoms with E-state index in [1.54, 1.807) is 5.32 Å². The summed E-state index contributed by atoms with van der Waals surface area (Å²) in [5.74, 6) is -2.43. The van der Waals surface area contributed by atoms with E-state index in [0.29, 0.717) is 0 Å². The van der Waals surface area contributed by atoms with Gasteiger partial charge in [-0.05, 0) is 41.1 Å². The fourth-order valence-corrected chi connectivity index (χ4v) is 1.62. The summed E-state index contributed by atoms with van der Waals surface area (Å²) < 4.78 is 76.9. The van der Waals surface area contributed by atoms with E-state index in [-0.39, 0.29) is 17.1 Å². The van der Waals surface area contributed by atoms with Crippen molar-refractivity contribution in [2.45, 2.75) is 25.1 Å². The largest absolute Gasteiger partial charge is 0.573 e. The monoisotopic (exact) mass is 395 g/mol. The molecule has 0 fully saturated rings. The Morgan fingerprint density at radius 3 is 2.18 bits per heavy atom. The zero-order valence-electron chi connectivity index (χ0n) is 10.6. The zero-order chi connectivity index (χ0) is 17.3. The lowest BCUT2D eigenvalue weighted by Gasteiger charge is -2.25. The van der Waals surface area contributed by atoms with Crippen LogP contribution in [0.4, 0.5) is 32.0 Å². The first-order valence-electron chi connectivity index (χ1n) is 5.40. The molecule has 0 aliphatic carbocycles. The molecule has 11 heteroatoms. The maximum absolute atomic E-state index is 12.5. The predicted molar refractivity (Wildman–Crippen MR) is 66.1 cm³/mol. The number of benzene rings is 1. The van der Waals surface area contributed by atoms with E-state index in [9.17, 15) is 31.1 Å².